The van der Waals surface area contributed by atoms with Gasteiger partial charge in [-0.1, -0.05) is 28.8 Å². The van der Waals surface area contributed by atoms with Gasteiger partial charge in [-0.2, -0.15) is 0 Å². The molecule has 0 aliphatic carbocycles. The van der Waals surface area contributed by atoms with Crippen molar-refractivity contribution in [1.29, 1.82) is 0 Å². The zero-order chi connectivity index (χ0) is 23.7. The van der Waals surface area contributed by atoms with Crippen LogP contribution >= 0.6 is 11.6 Å². The molecule has 166 valence electrons. The van der Waals surface area contributed by atoms with E-state index in [1.54, 1.807) is 24.3 Å². The van der Waals surface area contributed by atoms with Crippen LogP contribution in [0.2, 0.25) is 5.02 Å². The zero-order valence-corrected chi connectivity index (χ0v) is 17.8. The molecule has 0 aliphatic rings. The summed E-state index contributed by atoms with van der Waals surface area (Å²) < 4.78 is 1.18. The minimum atomic E-state index is -0.830. The van der Waals surface area contributed by atoms with Gasteiger partial charge in [-0.25, -0.2) is 4.57 Å². The van der Waals surface area contributed by atoms with E-state index in [4.69, 9.17) is 11.6 Å². The second-order valence-corrected chi connectivity index (χ2v) is 7.31. The smallest absolute Gasteiger partial charge is 0.319 e. The lowest BCUT2D eigenvalue weighted by Gasteiger charge is -2.17. The predicted octanol–water partition coefficient (Wildman–Crippen LogP) is 3.01. The molecule has 4 rings (SSSR count). The number of rotatable bonds is 4. The van der Waals surface area contributed by atoms with Crippen LogP contribution in [-0.4, -0.2) is 58.8 Å². The summed E-state index contributed by atoms with van der Waals surface area (Å²) >= 11 is 6.24. The van der Waals surface area contributed by atoms with Crippen molar-refractivity contribution in [3.05, 3.63) is 77.1 Å². The van der Waals surface area contributed by atoms with Gasteiger partial charge < -0.3 is 15.3 Å². The SMILES string of the molecule is CN(C(=O)c1ccncc1)C(=O)c1cc(-c2nnc(O)n2-c2ccccc2Cl)c(O)cc1O. The van der Waals surface area contributed by atoms with E-state index in [0.29, 0.717) is 5.69 Å². The lowest BCUT2D eigenvalue weighted by molar-refractivity contribution is 0.0654. The van der Waals surface area contributed by atoms with Crippen LogP contribution in [0.1, 0.15) is 20.7 Å². The highest BCUT2D eigenvalue weighted by molar-refractivity contribution is 6.32. The van der Waals surface area contributed by atoms with Crippen LogP contribution in [0.15, 0.2) is 60.9 Å². The van der Waals surface area contributed by atoms with Crippen LogP contribution in [0, 0.1) is 0 Å². The van der Waals surface area contributed by atoms with E-state index in [1.165, 1.54) is 36.1 Å². The van der Waals surface area contributed by atoms with Crippen LogP contribution in [-0.2, 0) is 0 Å². The second kappa shape index (κ2) is 8.60. The van der Waals surface area contributed by atoms with Gasteiger partial charge in [0, 0.05) is 31.1 Å². The Morgan fingerprint density at radius 3 is 2.33 bits per heavy atom. The quantitative estimate of drug-likeness (QED) is 0.390. The predicted molar refractivity (Wildman–Crippen MR) is 117 cm³/mol. The summed E-state index contributed by atoms with van der Waals surface area (Å²) in [5.41, 5.74) is 0.235. The molecule has 0 aliphatic heterocycles. The van der Waals surface area contributed by atoms with Crippen molar-refractivity contribution in [3.8, 4) is 34.6 Å². The van der Waals surface area contributed by atoms with E-state index in [0.717, 1.165) is 17.0 Å². The van der Waals surface area contributed by atoms with Crippen molar-refractivity contribution in [2.75, 3.05) is 7.05 Å². The molecule has 0 saturated heterocycles. The molecule has 0 fully saturated rings. The van der Waals surface area contributed by atoms with Crippen LogP contribution < -0.4 is 0 Å². The molecule has 2 aromatic carbocycles. The summed E-state index contributed by atoms with van der Waals surface area (Å²) in [6.45, 7) is 0. The number of aromatic nitrogens is 4. The summed E-state index contributed by atoms with van der Waals surface area (Å²) in [4.78, 5) is 30.3. The molecule has 4 aromatic rings. The lowest BCUT2D eigenvalue weighted by atomic mass is 10.1. The normalized spacial score (nSPS) is 10.7. The highest BCUT2D eigenvalue weighted by Gasteiger charge is 2.26. The molecule has 0 saturated carbocycles. The summed E-state index contributed by atoms with van der Waals surface area (Å²) in [5.74, 6) is -2.48. The maximum absolute atomic E-state index is 13.0. The number of para-hydroxylation sites is 1. The fourth-order valence-electron chi connectivity index (χ4n) is 3.19. The molecule has 2 aromatic heterocycles. The standard InChI is InChI=1S/C22H16ClN5O5/c1-27(20(31)12-6-8-24-9-7-12)21(32)14-10-13(17(29)11-18(14)30)19-25-26-22(33)28(19)16-5-3-2-4-15(16)23/h2-11,29-30H,1H3,(H,26,33). The van der Waals surface area contributed by atoms with Gasteiger partial charge in [-0.05, 0) is 30.3 Å². The minimum absolute atomic E-state index is 0.0337. The Morgan fingerprint density at radius 2 is 1.64 bits per heavy atom. The fourth-order valence-corrected chi connectivity index (χ4v) is 3.41. The number of pyridine rings is 1. The first-order valence-corrected chi connectivity index (χ1v) is 9.85. The average molecular weight is 466 g/mol. The number of phenols is 2. The van der Waals surface area contributed by atoms with E-state index in [1.807, 2.05) is 0 Å². The summed E-state index contributed by atoms with van der Waals surface area (Å²) in [5, 5.41) is 38.8. The third-order valence-electron chi connectivity index (χ3n) is 4.86. The van der Waals surface area contributed by atoms with Crippen LogP contribution in [0.3, 0.4) is 0 Å². The maximum Gasteiger partial charge on any atom is 0.319 e. The molecule has 2 heterocycles. The summed E-state index contributed by atoms with van der Waals surface area (Å²) in [6.07, 6.45) is 2.82. The number of hydrogen-bond acceptors (Lipinski definition) is 8. The summed E-state index contributed by atoms with van der Waals surface area (Å²) in [6, 6.07) is 11.0. The molecule has 2 amide bonds. The molecule has 0 unspecified atom stereocenters. The van der Waals surface area contributed by atoms with Gasteiger partial charge in [-0.3, -0.25) is 19.5 Å². The molecule has 10 nitrogen and oxygen atoms in total. The largest absolute Gasteiger partial charge is 0.507 e. The number of phenolic OH excluding ortho intramolecular Hbond substituents is 2. The molecule has 3 N–H and O–H groups in total. The fraction of sp³-hybridized carbons (Fsp3) is 0.0455. The van der Waals surface area contributed by atoms with Crippen molar-refractivity contribution < 1.29 is 24.9 Å². The van der Waals surface area contributed by atoms with E-state index < -0.39 is 29.3 Å². The van der Waals surface area contributed by atoms with Crippen molar-refractivity contribution in [2.45, 2.75) is 0 Å². The van der Waals surface area contributed by atoms with E-state index >= 15 is 0 Å². The molecule has 0 atom stereocenters. The van der Waals surface area contributed by atoms with E-state index in [2.05, 4.69) is 15.2 Å². The highest BCUT2D eigenvalue weighted by atomic mass is 35.5. The highest BCUT2D eigenvalue weighted by Crippen LogP contribution is 2.38. The Kier molecular flexibility index (Phi) is 5.67. The molecular formula is C22H16ClN5O5. The van der Waals surface area contributed by atoms with Crippen LogP contribution in [0.5, 0.6) is 17.5 Å². The van der Waals surface area contributed by atoms with Gasteiger partial charge in [0.25, 0.3) is 11.8 Å². The lowest BCUT2D eigenvalue weighted by Crippen LogP contribution is -2.33. The molecule has 11 heteroatoms. The van der Waals surface area contributed by atoms with Crippen LogP contribution in [0.25, 0.3) is 17.1 Å². The third kappa shape index (κ3) is 3.94. The molecule has 33 heavy (non-hydrogen) atoms. The molecule has 0 radical (unpaired) electrons. The number of imide groups is 1. The van der Waals surface area contributed by atoms with Crippen molar-refractivity contribution in [2.24, 2.45) is 0 Å². The van der Waals surface area contributed by atoms with Gasteiger partial charge in [-0.15, -0.1) is 5.10 Å². The van der Waals surface area contributed by atoms with Crippen LogP contribution in [0.4, 0.5) is 0 Å². The number of hydrogen-bond donors (Lipinski definition) is 3. The van der Waals surface area contributed by atoms with Crippen molar-refractivity contribution >= 4 is 23.4 Å². The van der Waals surface area contributed by atoms with Gasteiger partial charge >= 0.3 is 6.01 Å². The third-order valence-corrected chi connectivity index (χ3v) is 5.18. The van der Waals surface area contributed by atoms with Gasteiger partial charge in [0.05, 0.1) is 21.8 Å². The Hall–Kier alpha value is -4.44. The number of benzene rings is 2. The Morgan fingerprint density at radius 1 is 0.939 bits per heavy atom. The monoisotopic (exact) mass is 465 g/mol. The minimum Gasteiger partial charge on any atom is -0.507 e. The second-order valence-electron chi connectivity index (χ2n) is 6.90. The number of carbonyl (C=O) groups is 2. The average Bonchev–Trinajstić information content (AvgIpc) is 3.19. The number of aromatic hydroxyl groups is 3. The number of amides is 2. The zero-order valence-electron chi connectivity index (χ0n) is 17.0. The maximum atomic E-state index is 13.0. The van der Waals surface area contributed by atoms with Gasteiger partial charge in [0.15, 0.2) is 5.82 Å². The first kappa shape index (κ1) is 21.8. The first-order valence-electron chi connectivity index (χ1n) is 9.47. The van der Waals surface area contributed by atoms with Crippen molar-refractivity contribution in [1.82, 2.24) is 24.6 Å². The molecule has 0 bridgehead atoms. The molecular weight excluding hydrogens is 450 g/mol. The Labute approximate surface area is 192 Å². The number of halogens is 1. The van der Waals surface area contributed by atoms with Crippen molar-refractivity contribution in [3.63, 3.8) is 0 Å². The van der Waals surface area contributed by atoms with E-state index in [9.17, 15) is 24.9 Å². The van der Waals surface area contributed by atoms with E-state index in [-0.39, 0.29) is 27.5 Å². The Bertz CT molecular complexity index is 1370. The van der Waals surface area contributed by atoms with Gasteiger partial charge in [0.2, 0.25) is 0 Å². The Balaban J connectivity index is 1.79. The summed E-state index contributed by atoms with van der Waals surface area (Å²) in [7, 11) is 1.26. The first-order chi connectivity index (χ1) is 15.8. The number of carbonyl (C=O) groups excluding carboxylic acids is 2. The number of nitrogens with zero attached hydrogens (tertiary/aromatic N) is 5. The molecule has 0 spiro atoms. The van der Waals surface area contributed by atoms with Gasteiger partial charge in [0.1, 0.15) is 11.5 Å². The topological polar surface area (TPSA) is 142 Å².